The summed E-state index contributed by atoms with van der Waals surface area (Å²) < 4.78 is 1.24. The number of likely N-dealkylation sites (tertiary alicyclic amines) is 1. The molecule has 5 heterocycles. The number of fused-ring (bicyclic) bond motifs is 1. The van der Waals surface area contributed by atoms with Crippen molar-refractivity contribution in [2.45, 2.75) is 56.9 Å². The van der Waals surface area contributed by atoms with E-state index >= 15 is 0 Å². The van der Waals surface area contributed by atoms with Crippen molar-refractivity contribution < 1.29 is 14.4 Å². The highest BCUT2D eigenvalue weighted by molar-refractivity contribution is 6.32. The average Bonchev–Trinajstić information content (AvgIpc) is 3.41. The predicted molar refractivity (Wildman–Crippen MR) is 186 cm³/mol. The third kappa shape index (κ3) is 7.28. The van der Waals surface area contributed by atoms with Crippen LogP contribution in [0.15, 0.2) is 53.5 Å². The van der Waals surface area contributed by atoms with Crippen molar-refractivity contribution in [3.05, 3.63) is 91.9 Å². The number of piperidine rings is 2. The summed E-state index contributed by atoms with van der Waals surface area (Å²) in [5.74, 6) is -0.425. The fourth-order valence-corrected chi connectivity index (χ4v) is 7.97. The molecule has 3 fully saturated rings. The SMILES string of the molecule is CN1C[C@H](Nc2cnn(C)c(=O)c2Cl)C[C@H](c2ccc(CN3CCN(Cc4ccc5c(c4)CN(C4CCC(=O)NC4=O)C5=O)CC3)cc2)C1. The molecule has 0 radical (unpaired) electrons. The molecule has 1 unspecified atom stereocenters. The summed E-state index contributed by atoms with van der Waals surface area (Å²) in [4.78, 5) is 58.1. The van der Waals surface area contributed by atoms with Crippen LogP contribution in [0.1, 0.15) is 57.8 Å². The topological polar surface area (TPSA) is 123 Å². The maximum Gasteiger partial charge on any atom is 0.287 e. The Balaban J connectivity index is 0.893. The molecule has 3 amide bonds. The standard InChI is InChI=1S/C36H43ClN8O4/c1-41-20-26(16-28(22-41)39-30-17-38-42(2)36(49)33(30)37)25-6-3-23(4-7-25)18-43-11-13-44(14-12-43)19-24-5-8-29-27(15-24)21-45(35(29)48)31-9-10-32(46)40-34(31)47/h3-8,15,17,26,28,31,39H,9-14,16,18-22H2,1-2H3,(H,40,46,47)/t26-,28+,31?/m0/s1. The lowest BCUT2D eigenvalue weighted by Crippen LogP contribution is -2.52. The van der Waals surface area contributed by atoms with Crippen molar-refractivity contribution in [1.29, 1.82) is 0 Å². The molecule has 13 heteroatoms. The zero-order chi connectivity index (χ0) is 34.2. The number of benzene rings is 2. The molecular weight excluding hydrogens is 644 g/mol. The molecule has 12 nitrogen and oxygen atoms in total. The molecule has 49 heavy (non-hydrogen) atoms. The van der Waals surface area contributed by atoms with Crippen molar-refractivity contribution in [1.82, 2.24) is 34.7 Å². The van der Waals surface area contributed by atoms with Crippen molar-refractivity contribution >= 4 is 35.0 Å². The number of imide groups is 1. The first-order valence-corrected chi connectivity index (χ1v) is 17.5. The Morgan fingerprint density at radius 2 is 1.61 bits per heavy atom. The number of nitrogens with one attached hydrogen (secondary N) is 2. The number of halogens is 1. The van der Waals surface area contributed by atoms with Crippen molar-refractivity contribution in [2.24, 2.45) is 7.05 Å². The normalized spacial score (nSPS) is 23.9. The van der Waals surface area contributed by atoms with Crippen LogP contribution >= 0.6 is 11.6 Å². The molecule has 1 aromatic heterocycles. The van der Waals surface area contributed by atoms with Crippen molar-refractivity contribution in [3.63, 3.8) is 0 Å². The number of amides is 3. The van der Waals surface area contributed by atoms with Crippen LogP contribution in [0.25, 0.3) is 0 Å². The lowest BCUT2D eigenvalue weighted by Gasteiger charge is -2.37. The first kappa shape index (κ1) is 33.4. The van der Waals surface area contributed by atoms with Crippen LogP contribution < -0.4 is 16.2 Å². The fraction of sp³-hybridized carbons (Fsp3) is 0.472. The highest BCUT2D eigenvalue weighted by Crippen LogP contribution is 2.31. The molecule has 258 valence electrons. The van der Waals surface area contributed by atoms with E-state index in [1.165, 1.54) is 21.4 Å². The largest absolute Gasteiger partial charge is 0.378 e. The Kier molecular flexibility index (Phi) is 9.56. The minimum Gasteiger partial charge on any atom is -0.378 e. The molecule has 3 saturated heterocycles. The number of aromatic nitrogens is 2. The van der Waals surface area contributed by atoms with E-state index < -0.39 is 6.04 Å². The second kappa shape index (κ2) is 14.0. The van der Waals surface area contributed by atoms with Crippen LogP contribution in [0.4, 0.5) is 5.69 Å². The molecule has 3 aromatic rings. The first-order valence-electron chi connectivity index (χ1n) is 17.1. The van der Waals surface area contributed by atoms with Crippen LogP contribution in [-0.2, 0) is 36.3 Å². The van der Waals surface area contributed by atoms with Gasteiger partial charge in [-0.3, -0.25) is 34.3 Å². The molecule has 0 bridgehead atoms. The van der Waals surface area contributed by atoms with E-state index in [0.29, 0.717) is 30.1 Å². The van der Waals surface area contributed by atoms with Gasteiger partial charge in [0.25, 0.3) is 11.5 Å². The third-order valence-electron chi connectivity index (χ3n) is 10.4. The van der Waals surface area contributed by atoms with Gasteiger partial charge in [0.05, 0.1) is 11.9 Å². The summed E-state index contributed by atoms with van der Waals surface area (Å²) in [7, 11) is 3.72. The smallest absolute Gasteiger partial charge is 0.287 e. The van der Waals surface area contributed by atoms with Gasteiger partial charge in [-0.05, 0) is 54.1 Å². The van der Waals surface area contributed by atoms with Gasteiger partial charge in [0.2, 0.25) is 11.8 Å². The van der Waals surface area contributed by atoms with E-state index in [4.69, 9.17) is 11.6 Å². The van der Waals surface area contributed by atoms with Gasteiger partial charge in [-0.2, -0.15) is 5.10 Å². The number of carbonyl (C=O) groups is 3. The van der Waals surface area contributed by atoms with Gasteiger partial charge in [-0.25, -0.2) is 4.68 Å². The van der Waals surface area contributed by atoms with Crippen LogP contribution in [0, 0.1) is 0 Å². The van der Waals surface area contributed by atoms with Gasteiger partial charge in [-0.1, -0.05) is 48.0 Å². The quantitative estimate of drug-likeness (QED) is 0.344. The summed E-state index contributed by atoms with van der Waals surface area (Å²) >= 11 is 6.32. The van der Waals surface area contributed by atoms with E-state index in [9.17, 15) is 19.2 Å². The second-order valence-electron chi connectivity index (χ2n) is 14.0. The predicted octanol–water partition coefficient (Wildman–Crippen LogP) is 2.41. The number of likely N-dealkylation sites (N-methyl/N-ethyl adjacent to an activating group) is 1. The Labute approximate surface area is 291 Å². The van der Waals surface area contributed by atoms with E-state index in [-0.39, 0.29) is 40.8 Å². The molecule has 4 aliphatic rings. The maximum absolute atomic E-state index is 13.1. The molecule has 0 spiro atoms. The van der Waals surface area contributed by atoms with Gasteiger partial charge in [0.15, 0.2) is 0 Å². The zero-order valence-corrected chi connectivity index (χ0v) is 28.8. The highest BCUT2D eigenvalue weighted by Gasteiger charge is 2.39. The number of carbonyl (C=O) groups excluding carboxylic acids is 3. The number of piperazine rings is 1. The third-order valence-corrected chi connectivity index (χ3v) is 10.8. The fourth-order valence-electron chi connectivity index (χ4n) is 7.74. The number of rotatable bonds is 8. The summed E-state index contributed by atoms with van der Waals surface area (Å²) in [6.07, 6.45) is 3.19. The molecule has 2 N–H and O–H groups in total. The van der Waals surface area contributed by atoms with E-state index in [1.54, 1.807) is 18.1 Å². The minimum absolute atomic E-state index is 0.134. The number of hydrogen-bond acceptors (Lipinski definition) is 9. The van der Waals surface area contributed by atoms with Gasteiger partial charge in [0, 0.05) is 84.0 Å². The van der Waals surface area contributed by atoms with Gasteiger partial charge in [0.1, 0.15) is 11.1 Å². The monoisotopic (exact) mass is 686 g/mol. The maximum atomic E-state index is 13.1. The summed E-state index contributed by atoms with van der Waals surface area (Å²) in [5, 5.41) is 10.1. The Hall–Kier alpha value is -4.10. The molecule has 3 atom stereocenters. The number of hydrogen-bond donors (Lipinski definition) is 2. The van der Waals surface area contributed by atoms with Crippen LogP contribution in [-0.4, -0.2) is 106 Å². The Morgan fingerprint density at radius 1 is 0.918 bits per heavy atom. The van der Waals surface area contributed by atoms with Gasteiger partial charge < -0.3 is 15.1 Å². The highest BCUT2D eigenvalue weighted by atomic mass is 35.5. The second-order valence-corrected chi connectivity index (χ2v) is 14.4. The number of anilines is 1. The summed E-state index contributed by atoms with van der Waals surface area (Å²) in [5.41, 5.74) is 5.67. The number of aryl methyl sites for hydroxylation is 1. The van der Waals surface area contributed by atoms with Crippen LogP contribution in [0.5, 0.6) is 0 Å². The molecule has 7 rings (SSSR count). The first-order chi connectivity index (χ1) is 23.6. The molecule has 0 aliphatic carbocycles. The zero-order valence-electron chi connectivity index (χ0n) is 28.0. The van der Waals surface area contributed by atoms with Gasteiger partial charge in [-0.15, -0.1) is 0 Å². The summed E-state index contributed by atoms with van der Waals surface area (Å²) in [6.45, 7) is 7.86. The van der Waals surface area contributed by atoms with E-state index in [1.807, 2.05) is 12.1 Å². The Bertz CT molecular complexity index is 1810. The molecule has 0 saturated carbocycles. The van der Waals surface area contributed by atoms with Gasteiger partial charge >= 0.3 is 0 Å². The Morgan fingerprint density at radius 3 is 2.33 bits per heavy atom. The average molecular weight is 687 g/mol. The lowest BCUT2D eigenvalue weighted by molar-refractivity contribution is -0.136. The van der Waals surface area contributed by atoms with Crippen molar-refractivity contribution in [3.8, 4) is 0 Å². The summed E-state index contributed by atoms with van der Waals surface area (Å²) in [6, 6.07) is 14.6. The number of nitrogens with zero attached hydrogens (tertiary/aromatic N) is 6. The molecular formula is C36H43ClN8O4. The molecule has 4 aliphatic heterocycles. The van der Waals surface area contributed by atoms with Crippen LogP contribution in [0.3, 0.4) is 0 Å². The van der Waals surface area contributed by atoms with Crippen molar-refractivity contribution in [2.75, 3.05) is 51.6 Å². The molecule has 2 aromatic carbocycles. The van der Waals surface area contributed by atoms with Crippen LogP contribution in [0.2, 0.25) is 5.02 Å². The lowest BCUT2D eigenvalue weighted by atomic mass is 9.87. The minimum atomic E-state index is -0.592. The van der Waals surface area contributed by atoms with E-state index in [0.717, 1.165) is 64.3 Å². The van der Waals surface area contributed by atoms with E-state index in [2.05, 4.69) is 67.8 Å².